The standard InChI is InChI=1S/C10H13F3N2O/c1-7(6-16)15(2)9-8(10(11,12)13)4-3-5-14-9/h3-5,7,16H,6H2,1-2H3. The Morgan fingerprint density at radius 2 is 2.12 bits per heavy atom. The average molecular weight is 234 g/mol. The maximum Gasteiger partial charge on any atom is 0.419 e. The number of pyridine rings is 1. The smallest absolute Gasteiger partial charge is 0.394 e. The second kappa shape index (κ2) is 4.69. The van der Waals surface area contributed by atoms with Crippen molar-refractivity contribution in [1.82, 2.24) is 4.98 Å². The molecule has 1 heterocycles. The topological polar surface area (TPSA) is 36.4 Å². The Balaban J connectivity index is 3.13. The summed E-state index contributed by atoms with van der Waals surface area (Å²) in [6, 6.07) is 1.79. The van der Waals surface area contributed by atoms with Crippen LogP contribution in [0.15, 0.2) is 18.3 Å². The van der Waals surface area contributed by atoms with Crippen molar-refractivity contribution >= 4 is 5.82 Å². The third kappa shape index (κ3) is 2.63. The second-order valence-corrected chi connectivity index (χ2v) is 3.51. The van der Waals surface area contributed by atoms with Crippen molar-refractivity contribution in [3.63, 3.8) is 0 Å². The van der Waals surface area contributed by atoms with Gasteiger partial charge in [0.25, 0.3) is 0 Å². The van der Waals surface area contributed by atoms with E-state index in [0.29, 0.717) is 0 Å². The molecule has 1 N–H and O–H groups in total. The Kier molecular flexibility index (Phi) is 3.74. The normalized spacial score (nSPS) is 13.6. The summed E-state index contributed by atoms with van der Waals surface area (Å²) in [6.07, 6.45) is -3.14. The molecule has 3 nitrogen and oxygen atoms in total. The van der Waals surface area contributed by atoms with Crippen molar-refractivity contribution in [3.05, 3.63) is 23.9 Å². The average Bonchev–Trinajstić information content (AvgIpc) is 2.26. The molecule has 0 amide bonds. The Bertz CT molecular complexity index is 354. The summed E-state index contributed by atoms with van der Waals surface area (Å²) in [5, 5.41) is 8.91. The van der Waals surface area contributed by atoms with Gasteiger partial charge in [0.2, 0.25) is 0 Å². The zero-order chi connectivity index (χ0) is 12.3. The molecule has 1 aromatic rings. The van der Waals surface area contributed by atoms with Crippen molar-refractivity contribution in [2.75, 3.05) is 18.6 Å². The molecule has 0 bridgehead atoms. The van der Waals surface area contributed by atoms with E-state index in [9.17, 15) is 13.2 Å². The molecule has 0 fully saturated rings. The molecule has 0 aliphatic heterocycles. The number of rotatable bonds is 3. The number of halogens is 3. The summed E-state index contributed by atoms with van der Waals surface area (Å²) in [5.41, 5.74) is -0.794. The molecule has 16 heavy (non-hydrogen) atoms. The number of aromatic nitrogens is 1. The molecule has 1 aromatic heterocycles. The number of likely N-dealkylation sites (N-methyl/N-ethyl adjacent to an activating group) is 1. The van der Waals surface area contributed by atoms with Crippen LogP contribution in [0.5, 0.6) is 0 Å². The van der Waals surface area contributed by atoms with Crippen LogP contribution in [0, 0.1) is 0 Å². The highest BCUT2D eigenvalue weighted by molar-refractivity contribution is 5.48. The summed E-state index contributed by atoms with van der Waals surface area (Å²) >= 11 is 0. The molecule has 0 aliphatic rings. The van der Waals surface area contributed by atoms with E-state index in [4.69, 9.17) is 5.11 Å². The number of aliphatic hydroxyl groups is 1. The van der Waals surface area contributed by atoms with Crippen molar-refractivity contribution in [1.29, 1.82) is 0 Å². The monoisotopic (exact) mass is 234 g/mol. The predicted octanol–water partition coefficient (Wildman–Crippen LogP) is 1.92. The molecular weight excluding hydrogens is 221 g/mol. The highest BCUT2D eigenvalue weighted by Gasteiger charge is 2.35. The van der Waals surface area contributed by atoms with Crippen LogP contribution in [0.1, 0.15) is 12.5 Å². The SMILES string of the molecule is CC(CO)N(C)c1ncccc1C(F)(F)F. The first-order chi connectivity index (χ1) is 7.38. The first-order valence-electron chi connectivity index (χ1n) is 4.73. The Labute approximate surface area is 91.5 Å². The Morgan fingerprint density at radius 3 is 2.62 bits per heavy atom. The van der Waals surface area contributed by atoms with Crippen LogP contribution in [-0.2, 0) is 6.18 Å². The molecule has 1 unspecified atom stereocenters. The second-order valence-electron chi connectivity index (χ2n) is 3.51. The molecule has 0 saturated carbocycles. The summed E-state index contributed by atoms with van der Waals surface area (Å²) in [4.78, 5) is 5.02. The third-order valence-corrected chi connectivity index (χ3v) is 2.35. The van der Waals surface area contributed by atoms with Crippen LogP contribution >= 0.6 is 0 Å². The van der Waals surface area contributed by atoms with Crippen LogP contribution in [0.2, 0.25) is 0 Å². The van der Waals surface area contributed by atoms with Crippen molar-refractivity contribution < 1.29 is 18.3 Å². The molecule has 0 aromatic carbocycles. The maximum atomic E-state index is 12.6. The van der Waals surface area contributed by atoms with Gasteiger partial charge in [0.1, 0.15) is 5.82 Å². The van der Waals surface area contributed by atoms with E-state index < -0.39 is 17.8 Å². The number of anilines is 1. The molecular formula is C10H13F3N2O. The minimum atomic E-state index is -4.44. The number of hydrogen-bond donors (Lipinski definition) is 1. The van der Waals surface area contributed by atoms with Gasteiger partial charge >= 0.3 is 6.18 Å². The first kappa shape index (κ1) is 12.8. The summed E-state index contributed by atoms with van der Waals surface area (Å²) in [7, 11) is 1.47. The number of alkyl halides is 3. The Morgan fingerprint density at radius 1 is 1.50 bits per heavy atom. The minimum absolute atomic E-state index is 0.170. The molecule has 90 valence electrons. The van der Waals surface area contributed by atoms with E-state index in [1.54, 1.807) is 6.92 Å². The van der Waals surface area contributed by atoms with E-state index in [1.165, 1.54) is 24.2 Å². The zero-order valence-corrected chi connectivity index (χ0v) is 8.99. The summed E-state index contributed by atoms with van der Waals surface area (Å²) in [5.74, 6) is -0.170. The number of hydrogen-bond acceptors (Lipinski definition) is 3. The Hall–Kier alpha value is -1.30. The lowest BCUT2D eigenvalue weighted by Crippen LogP contribution is -2.34. The molecule has 1 rings (SSSR count). The lowest BCUT2D eigenvalue weighted by Gasteiger charge is -2.26. The molecule has 6 heteroatoms. The van der Waals surface area contributed by atoms with Gasteiger partial charge in [-0.3, -0.25) is 0 Å². The van der Waals surface area contributed by atoms with E-state index >= 15 is 0 Å². The van der Waals surface area contributed by atoms with Crippen LogP contribution in [-0.4, -0.2) is 29.8 Å². The van der Waals surface area contributed by atoms with Gasteiger partial charge in [-0.15, -0.1) is 0 Å². The molecule has 0 saturated heterocycles. The number of nitrogens with zero attached hydrogens (tertiary/aromatic N) is 2. The van der Waals surface area contributed by atoms with Gasteiger partial charge in [-0.05, 0) is 19.1 Å². The zero-order valence-electron chi connectivity index (χ0n) is 8.99. The fraction of sp³-hybridized carbons (Fsp3) is 0.500. The minimum Gasteiger partial charge on any atom is -0.394 e. The maximum absolute atomic E-state index is 12.6. The van der Waals surface area contributed by atoms with E-state index in [1.807, 2.05) is 0 Å². The van der Waals surface area contributed by atoms with Gasteiger partial charge in [-0.25, -0.2) is 4.98 Å². The van der Waals surface area contributed by atoms with Crippen molar-refractivity contribution in [3.8, 4) is 0 Å². The fourth-order valence-electron chi connectivity index (χ4n) is 1.23. The molecule has 0 aliphatic carbocycles. The van der Waals surface area contributed by atoms with Crippen molar-refractivity contribution in [2.24, 2.45) is 0 Å². The van der Waals surface area contributed by atoms with Gasteiger partial charge in [-0.2, -0.15) is 13.2 Å². The van der Waals surface area contributed by atoms with Crippen molar-refractivity contribution in [2.45, 2.75) is 19.1 Å². The van der Waals surface area contributed by atoms with Gasteiger partial charge in [0.05, 0.1) is 18.2 Å². The largest absolute Gasteiger partial charge is 0.419 e. The lowest BCUT2D eigenvalue weighted by molar-refractivity contribution is -0.137. The first-order valence-corrected chi connectivity index (χ1v) is 4.73. The quantitative estimate of drug-likeness (QED) is 0.868. The predicted molar refractivity (Wildman–Crippen MR) is 54.2 cm³/mol. The van der Waals surface area contributed by atoms with E-state index in [2.05, 4.69) is 4.98 Å². The fourth-order valence-corrected chi connectivity index (χ4v) is 1.23. The van der Waals surface area contributed by atoms with Crippen LogP contribution in [0.4, 0.5) is 19.0 Å². The lowest BCUT2D eigenvalue weighted by atomic mass is 10.2. The summed E-state index contributed by atoms with van der Waals surface area (Å²) < 4.78 is 37.9. The molecule has 0 spiro atoms. The van der Waals surface area contributed by atoms with Gasteiger partial charge in [-0.1, -0.05) is 0 Å². The van der Waals surface area contributed by atoms with Gasteiger partial charge < -0.3 is 10.0 Å². The van der Waals surface area contributed by atoms with Crippen LogP contribution in [0.25, 0.3) is 0 Å². The van der Waals surface area contributed by atoms with Gasteiger partial charge in [0.15, 0.2) is 0 Å². The third-order valence-electron chi connectivity index (χ3n) is 2.35. The van der Waals surface area contributed by atoms with E-state index in [-0.39, 0.29) is 12.4 Å². The summed E-state index contributed by atoms with van der Waals surface area (Å²) in [6.45, 7) is 1.39. The highest BCUT2D eigenvalue weighted by Crippen LogP contribution is 2.35. The van der Waals surface area contributed by atoms with E-state index in [0.717, 1.165) is 6.07 Å². The number of aliphatic hydroxyl groups excluding tert-OH is 1. The molecule has 1 atom stereocenters. The molecule has 0 radical (unpaired) electrons. The van der Waals surface area contributed by atoms with Crippen LogP contribution in [0.3, 0.4) is 0 Å². The highest BCUT2D eigenvalue weighted by atomic mass is 19.4. The van der Waals surface area contributed by atoms with Gasteiger partial charge in [0, 0.05) is 13.2 Å². The van der Waals surface area contributed by atoms with Crippen LogP contribution < -0.4 is 4.90 Å².